The van der Waals surface area contributed by atoms with Gasteiger partial charge < -0.3 is 15.5 Å². The molecule has 2 aromatic heterocycles. The second-order valence-electron chi connectivity index (χ2n) is 6.66. The maximum Gasteiger partial charge on any atom is 0.166 e. The van der Waals surface area contributed by atoms with Gasteiger partial charge in [-0.1, -0.05) is 11.6 Å². The lowest BCUT2D eigenvalue weighted by Gasteiger charge is -2.34. The van der Waals surface area contributed by atoms with Gasteiger partial charge in [0.2, 0.25) is 0 Å². The first-order chi connectivity index (χ1) is 13.1. The number of nitrogens with one attached hydrogen (secondary N) is 2. The number of rotatable bonds is 4. The van der Waals surface area contributed by atoms with Crippen LogP contribution in [-0.2, 0) is 6.54 Å². The molecule has 0 bridgehead atoms. The minimum absolute atomic E-state index is 0.299. The van der Waals surface area contributed by atoms with Gasteiger partial charge in [-0.25, -0.2) is 4.39 Å². The summed E-state index contributed by atoms with van der Waals surface area (Å²) in [6.45, 7) is 4.82. The lowest BCUT2D eigenvalue weighted by molar-refractivity contribution is 0.478. The molecule has 1 saturated heterocycles. The van der Waals surface area contributed by atoms with E-state index in [-0.39, 0.29) is 5.82 Å². The van der Waals surface area contributed by atoms with Gasteiger partial charge in [0.15, 0.2) is 5.82 Å². The number of fused-ring (bicyclic) bond motifs is 1. The van der Waals surface area contributed by atoms with Gasteiger partial charge in [-0.05, 0) is 24.6 Å². The highest BCUT2D eigenvalue weighted by atomic mass is 35.5. The summed E-state index contributed by atoms with van der Waals surface area (Å²) in [4.78, 5) is 14.6. The molecule has 1 aromatic carbocycles. The lowest BCUT2D eigenvalue weighted by Crippen LogP contribution is -2.49. The molecule has 0 saturated carbocycles. The van der Waals surface area contributed by atoms with E-state index in [0.717, 1.165) is 36.2 Å². The van der Waals surface area contributed by atoms with E-state index in [4.69, 9.17) is 11.6 Å². The Hall–Kier alpha value is -2.51. The van der Waals surface area contributed by atoms with Crippen molar-refractivity contribution in [2.75, 3.05) is 29.9 Å². The van der Waals surface area contributed by atoms with E-state index in [1.54, 1.807) is 24.7 Å². The van der Waals surface area contributed by atoms with Gasteiger partial charge in [-0.15, -0.1) is 0 Å². The van der Waals surface area contributed by atoms with Crippen molar-refractivity contribution >= 4 is 34.0 Å². The third-order valence-electron chi connectivity index (χ3n) is 4.66. The van der Waals surface area contributed by atoms with Crippen molar-refractivity contribution in [1.82, 2.24) is 20.3 Å². The molecule has 8 heteroatoms. The molecular weight excluding hydrogens is 367 g/mol. The molecule has 2 N–H and O–H groups in total. The maximum atomic E-state index is 14.6. The third-order valence-corrected chi connectivity index (χ3v) is 5.02. The quantitative estimate of drug-likeness (QED) is 0.717. The summed E-state index contributed by atoms with van der Waals surface area (Å²) in [6, 6.07) is 3.99. The summed E-state index contributed by atoms with van der Waals surface area (Å²) in [5, 5.41) is 7.26. The number of piperazine rings is 1. The van der Waals surface area contributed by atoms with E-state index >= 15 is 0 Å². The number of nitrogens with zero attached hydrogens (tertiary/aromatic N) is 4. The lowest BCUT2D eigenvalue weighted by atomic mass is 10.1. The third kappa shape index (κ3) is 3.79. The molecule has 0 unspecified atom stereocenters. The first-order valence-corrected chi connectivity index (χ1v) is 9.24. The van der Waals surface area contributed by atoms with Crippen LogP contribution >= 0.6 is 11.6 Å². The monoisotopic (exact) mass is 386 g/mol. The number of benzene rings is 1. The van der Waals surface area contributed by atoms with Crippen LogP contribution in [0.4, 0.5) is 15.8 Å². The standard InChI is InChI=1S/C19H20ClFN6/c1-12-11-27(5-4-23-12)19-15(21)9-22-10-18(19)26-8-13-6-16-17(7-14(13)20)25-3-2-24-16/h2-3,6-7,9-10,12,23,26H,4-5,8,11H2,1H3/t12-/m0/s1. The van der Waals surface area contributed by atoms with Gasteiger partial charge in [0.25, 0.3) is 0 Å². The molecule has 1 atom stereocenters. The second kappa shape index (κ2) is 7.62. The zero-order valence-electron chi connectivity index (χ0n) is 14.9. The largest absolute Gasteiger partial charge is 0.378 e. The SMILES string of the molecule is C[C@H]1CN(c2c(F)cncc2NCc2cc3nccnc3cc2Cl)CCN1. The Balaban J connectivity index is 1.60. The molecule has 6 nitrogen and oxygen atoms in total. The molecule has 140 valence electrons. The van der Waals surface area contributed by atoms with Crippen LogP contribution in [0.3, 0.4) is 0 Å². The van der Waals surface area contributed by atoms with Crippen LogP contribution in [0.1, 0.15) is 12.5 Å². The highest BCUT2D eigenvalue weighted by molar-refractivity contribution is 6.32. The molecule has 0 amide bonds. The van der Waals surface area contributed by atoms with Crippen LogP contribution in [0, 0.1) is 5.82 Å². The maximum absolute atomic E-state index is 14.6. The van der Waals surface area contributed by atoms with Gasteiger partial charge in [0, 0.05) is 49.6 Å². The molecule has 0 spiro atoms. The van der Waals surface area contributed by atoms with Crippen LogP contribution < -0.4 is 15.5 Å². The van der Waals surface area contributed by atoms with Crippen molar-refractivity contribution in [3.05, 3.63) is 53.3 Å². The zero-order valence-corrected chi connectivity index (χ0v) is 15.7. The Labute approximate surface area is 161 Å². The van der Waals surface area contributed by atoms with Crippen LogP contribution in [0.15, 0.2) is 36.9 Å². The summed E-state index contributed by atoms with van der Waals surface area (Å²) in [7, 11) is 0. The van der Waals surface area contributed by atoms with Crippen LogP contribution in [-0.4, -0.2) is 40.6 Å². The Kier molecular flexibility index (Phi) is 5.05. The average Bonchev–Trinajstić information content (AvgIpc) is 2.66. The van der Waals surface area contributed by atoms with Gasteiger partial charge in [-0.3, -0.25) is 15.0 Å². The van der Waals surface area contributed by atoms with Crippen molar-refractivity contribution in [3.63, 3.8) is 0 Å². The van der Waals surface area contributed by atoms with Gasteiger partial charge >= 0.3 is 0 Å². The summed E-state index contributed by atoms with van der Waals surface area (Å²) >= 11 is 6.39. The number of pyridine rings is 1. The van der Waals surface area contributed by atoms with E-state index in [0.29, 0.717) is 29.0 Å². The predicted octanol–water partition coefficient (Wildman–Crippen LogP) is 3.23. The van der Waals surface area contributed by atoms with E-state index in [1.807, 2.05) is 11.0 Å². The van der Waals surface area contributed by atoms with Crippen LogP contribution in [0.25, 0.3) is 11.0 Å². The molecule has 0 aliphatic carbocycles. The minimum atomic E-state index is -0.329. The molecule has 1 fully saturated rings. The highest BCUT2D eigenvalue weighted by Gasteiger charge is 2.22. The summed E-state index contributed by atoms with van der Waals surface area (Å²) in [5.41, 5.74) is 3.59. The predicted molar refractivity (Wildman–Crippen MR) is 106 cm³/mol. The molecule has 0 radical (unpaired) electrons. The summed E-state index contributed by atoms with van der Waals surface area (Å²) < 4.78 is 14.6. The van der Waals surface area contributed by atoms with Crippen LogP contribution in [0.2, 0.25) is 5.02 Å². The Morgan fingerprint density at radius 1 is 1.26 bits per heavy atom. The van der Waals surface area contributed by atoms with Crippen molar-refractivity contribution in [1.29, 1.82) is 0 Å². The van der Waals surface area contributed by atoms with Crippen molar-refractivity contribution in [3.8, 4) is 0 Å². The second-order valence-corrected chi connectivity index (χ2v) is 7.07. The molecule has 1 aliphatic heterocycles. The minimum Gasteiger partial charge on any atom is -0.378 e. The first-order valence-electron chi connectivity index (χ1n) is 8.86. The Morgan fingerprint density at radius 2 is 2.04 bits per heavy atom. The van der Waals surface area contributed by atoms with E-state index in [1.165, 1.54) is 6.20 Å². The van der Waals surface area contributed by atoms with Crippen LogP contribution in [0.5, 0.6) is 0 Å². The van der Waals surface area contributed by atoms with Gasteiger partial charge in [0.05, 0.1) is 34.8 Å². The Bertz CT molecular complexity index is 966. The molecule has 27 heavy (non-hydrogen) atoms. The number of anilines is 2. The fourth-order valence-electron chi connectivity index (χ4n) is 3.37. The smallest absolute Gasteiger partial charge is 0.166 e. The fourth-order valence-corrected chi connectivity index (χ4v) is 3.59. The van der Waals surface area contributed by atoms with E-state index in [2.05, 4.69) is 32.5 Å². The molecule has 3 aromatic rings. The van der Waals surface area contributed by atoms with Crippen molar-refractivity contribution in [2.45, 2.75) is 19.5 Å². The zero-order chi connectivity index (χ0) is 18.8. The average molecular weight is 387 g/mol. The fraction of sp³-hybridized carbons (Fsp3) is 0.316. The highest BCUT2D eigenvalue weighted by Crippen LogP contribution is 2.30. The molecule has 1 aliphatic rings. The van der Waals surface area contributed by atoms with Crippen molar-refractivity contribution < 1.29 is 4.39 Å². The summed E-state index contributed by atoms with van der Waals surface area (Å²) in [6.07, 6.45) is 6.19. The van der Waals surface area contributed by atoms with E-state index in [9.17, 15) is 4.39 Å². The molecule has 4 rings (SSSR count). The topological polar surface area (TPSA) is 66.0 Å². The number of hydrogen-bond acceptors (Lipinski definition) is 6. The normalized spacial score (nSPS) is 17.3. The molecular formula is C19H20ClFN6. The van der Waals surface area contributed by atoms with Crippen molar-refractivity contribution in [2.24, 2.45) is 0 Å². The number of aromatic nitrogens is 3. The number of halogens is 2. The van der Waals surface area contributed by atoms with Gasteiger partial charge in [-0.2, -0.15) is 0 Å². The number of hydrogen-bond donors (Lipinski definition) is 2. The summed E-state index contributed by atoms with van der Waals surface area (Å²) in [5.74, 6) is -0.329. The van der Waals surface area contributed by atoms with Gasteiger partial charge in [0.1, 0.15) is 0 Å². The Morgan fingerprint density at radius 3 is 2.81 bits per heavy atom. The van der Waals surface area contributed by atoms with E-state index < -0.39 is 0 Å². The molecule has 3 heterocycles. The first kappa shape index (κ1) is 17.9.